The Labute approximate surface area is 184 Å². The fourth-order valence-corrected chi connectivity index (χ4v) is 3.26. The number of unbranched alkanes of at least 4 members (excludes halogenated alkanes) is 2. The molecular weight excluding hydrogens is 378 g/mol. The lowest BCUT2D eigenvalue weighted by Crippen LogP contribution is -2.51. The van der Waals surface area contributed by atoms with Crippen molar-refractivity contribution < 1.29 is 14.7 Å². The molecule has 174 valence electrons. The van der Waals surface area contributed by atoms with Crippen LogP contribution in [0.4, 0.5) is 0 Å². The van der Waals surface area contributed by atoms with Crippen molar-refractivity contribution >= 4 is 11.8 Å². The summed E-state index contributed by atoms with van der Waals surface area (Å²) < 4.78 is 0. The lowest BCUT2D eigenvalue weighted by Gasteiger charge is -2.34. The van der Waals surface area contributed by atoms with Crippen molar-refractivity contribution in [2.24, 2.45) is 0 Å². The number of carbonyl (C=O) groups is 2. The van der Waals surface area contributed by atoms with Crippen molar-refractivity contribution in [3.05, 3.63) is 24.3 Å². The number of aliphatic hydroxyl groups excluding tert-OH is 1. The molecule has 0 aromatic carbocycles. The van der Waals surface area contributed by atoms with E-state index in [1.807, 2.05) is 13.8 Å². The fraction of sp³-hybridized carbons (Fsp3) is 0.750. The van der Waals surface area contributed by atoms with Gasteiger partial charge in [0.1, 0.15) is 0 Å². The molecule has 0 fully saturated rings. The molecule has 0 saturated heterocycles. The topological polar surface area (TPSA) is 81.7 Å². The van der Waals surface area contributed by atoms with Gasteiger partial charge in [-0.2, -0.15) is 0 Å². The first-order valence-electron chi connectivity index (χ1n) is 11.7. The van der Waals surface area contributed by atoms with Crippen molar-refractivity contribution in [3.63, 3.8) is 0 Å². The van der Waals surface area contributed by atoms with Gasteiger partial charge in [-0.3, -0.25) is 14.5 Å². The molecule has 2 amide bonds. The number of rotatable bonds is 18. The van der Waals surface area contributed by atoms with Crippen LogP contribution in [0.15, 0.2) is 24.3 Å². The van der Waals surface area contributed by atoms with E-state index in [-0.39, 0.29) is 30.5 Å². The number of nitrogens with one attached hydrogen (secondary N) is 2. The van der Waals surface area contributed by atoms with Crippen LogP contribution in [-0.2, 0) is 9.59 Å². The summed E-state index contributed by atoms with van der Waals surface area (Å²) >= 11 is 0. The summed E-state index contributed by atoms with van der Waals surface area (Å²) in [6.45, 7) is 9.90. The second-order valence-corrected chi connectivity index (χ2v) is 7.81. The molecule has 0 aliphatic rings. The van der Waals surface area contributed by atoms with Gasteiger partial charge in [-0.05, 0) is 52.4 Å². The van der Waals surface area contributed by atoms with Gasteiger partial charge < -0.3 is 15.7 Å². The Balaban J connectivity index is 4.26. The third-order valence-corrected chi connectivity index (χ3v) is 5.03. The van der Waals surface area contributed by atoms with E-state index < -0.39 is 0 Å². The van der Waals surface area contributed by atoms with Gasteiger partial charge >= 0.3 is 0 Å². The third kappa shape index (κ3) is 15.2. The molecule has 2 atom stereocenters. The minimum atomic E-state index is 0.0457. The zero-order chi connectivity index (χ0) is 22.6. The molecule has 0 spiro atoms. The molecule has 6 nitrogen and oxygen atoms in total. The first kappa shape index (κ1) is 28.3. The Kier molecular flexibility index (Phi) is 18.2. The molecule has 0 heterocycles. The zero-order valence-electron chi connectivity index (χ0n) is 19.7. The first-order valence-corrected chi connectivity index (χ1v) is 11.7. The maximum absolute atomic E-state index is 12.0. The number of nitrogens with zero attached hydrogens (tertiary/aromatic N) is 1. The Bertz CT molecular complexity index is 464. The van der Waals surface area contributed by atoms with Gasteiger partial charge in [-0.15, -0.1) is 0 Å². The Morgan fingerprint density at radius 2 is 1.27 bits per heavy atom. The molecule has 0 radical (unpaired) electrons. The highest BCUT2D eigenvalue weighted by molar-refractivity contribution is 5.76. The zero-order valence-corrected chi connectivity index (χ0v) is 19.7. The molecule has 3 N–H and O–H groups in total. The maximum Gasteiger partial charge on any atom is 0.220 e. The van der Waals surface area contributed by atoms with Gasteiger partial charge in [0.05, 0.1) is 6.61 Å². The summed E-state index contributed by atoms with van der Waals surface area (Å²) in [5.41, 5.74) is 0. The largest absolute Gasteiger partial charge is 0.395 e. The van der Waals surface area contributed by atoms with E-state index in [1.165, 1.54) is 0 Å². The van der Waals surface area contributed by atoms with Crippen LogP contribution < -0.4 is 10.6 Å². The quantitative estimate of drug-likeness (QED) is 0.233. The minimum absolute atomic E-state index is 0.0457. The van der Waals surface area contributed by atoms with Crippen LogP contribution in [0.1, 0.15) is 79.1 Å². The van der Waals surface area contributed by atoms with E-state index in [4.69, 9.17) is 0 Å². The van der Waals surface area contributed by atoms with Crippen molar-refractivity contribution in [2.45, 2.75) is 91.1 Å². The van der Waals surface area contributed by atoms with Gasteiger partial charge in [-0.1, -0.05) is 38.2 Å². The van der Waals surface area contributed by atoms with E-state index in [2.05, 4.69) is 53.7 Å². The highest BCUT2D eigenvalue weighted by Gasteiger charge is 2.20. The molecule has 0 rings (SSSR count). The monoisotopic (exact) mass is 423 g/mol. The van der Waals surface area contributed by atoms with Crippen LogP contribution >= 0.6 is 0 Å². The Hall–Kier alpha value is -1.66. The maximum atomic E-state index is 12.0. The van der Waals surface area contributed by atoms with Crippen LogP contribution in [0.3, 0.4) is 0 Å². The summed E-state index contributed by atoms with van der Waals surface area (Å²) in [5.74, 6) is 0.127. The van der Waals surface area contributed by atoms with Crippen LogP contribution in [-0.4, -0.2) is 60.1 Å². The lowest BCUT2D eigenvalue weighted by molar-refractivity contribution is -0.121. The second-order valence-electron chi connectivity index (χ2n) is 7.81. The van der Waals surface area contributed by atoms with Crippen molar-refractivity contribution in [1.29, 1.82) is 0 Å². The summed E-state index contributed by atoms with van der Waals surface area (Å²) in [6.07, 6.45) is 15.2. The van der Waals surface area contributed by atoms with E-state index in [1.54, 1.807) is 0 Å². The highest BCUT2D eigenvalue weighted by Crippen LogP contribution is 2.06. The van der Waals surface area contributed by atoms with E-state index in [0.717, 1.165) is 38.5 Å². The first-order chi connectivity index (χ1) is 14.5. The van der Waals surface area contributed by atoms with Crippen LogP contribution in [0, 0.1) is 0 Å². The summed E-state index contributed by atoms with van der Waals surface area (Å²) in [4.78, 5) is 26.2. The number of amides is 2. The van der Waals surface area contributed by atoms with Crippen LogP contribution in [0.2, 0.25) is 0 Å². The van der Waals surface area contributed by atoms with Crippen LogP contribution in [0.25, 0.3) is 0 Å². The molecule has 0 aromatic heterocycles. The molecule has 0 aliphatic carbocycles. The predicted octanol–water partition coefficient (Wildman–Crippen LogP) is 3.56. The van der Waals surface area contributed by atoms with E-state index in [0.29, 0.717) is 32.5 Å². The Morgan fingerprint density at radius 3 is 1.63 bits per heavy atom. The summed E-state index contributed by atoms with van der Waals surface area (Å²) in [6, 6.07) is 0.152. The van der Waals surface area contributed by atoms with Crippen molar-refractivity contribution in [2.75, 3.05) is 26.2 Å². The van der Waals surface area contributed by atoms with Gasteiger partial charge in [0.15, 0.2) is 0 Å². The molecule has 0 bridgehead atoms. The Morgan fingerprint density at radius 1 is 0.833 bits per heavy atom. The van der Waals surface area contributed by atoms with E-state index >= 15 is 0 Å². The fourth-order valence-electron chi connectivity index (χ4n) is 3.26. The third-order valence-electron chi connectivity index (χ3n) is 5.03. The number of aliphatic hydroxyl groups is 1. The molecule has 0 aromatic rings. The minimum Gasteiger partial charge on any atom is -0.395 e. The molecule has 6 heteroatoms. The number of hydrogen-bond acceptors (Lipinski definition) is 4. The smallest absolute Gasteiger partial charge is 0.220 e. The molecule has 0 aliphatic heterocycles. The van der Waals surface area contributed by atoms with Gasteiger partial charge in [0.25, 0.3) is 0 Å². The highest BCUT2D eigenvalue weighted by atomic mass is 16.3. The average molecular weight is 424 g/mol. The van der Waals surface area contributed by atoms with Crippen LogP contribution in [0.5, 0.6) is 0 Å². The van der Waals surface area contributed by atoms with Crippen molar-refractivity contribution in [3.8, 4) is 0 Å². The average Bonchev–Trinajstić information content (AvgIpc) is 2.73. The summed E-state index contributed by atoms with van der Waals surface area (Å²) in [5, 5.41) is 15.4. The normalized spacial score (nSPS) is 13.8. The second kappa shape index (κ2) is 19.3. The van der Waals surface area contributed by atoms with Gasteiger partial charge in [0, 0.05) is 44.6 Å². The SMILES string of the molecule is CC/C=C/CCCC(=O)NCC(C)N(CCO)C(C)CNC(=O)CCC/C=C/CC. The number of carbonyl (C=O) groups excluding carboxylic acids is 2. The van der Waals surface area contributed by atoms with Crippen molar-refractivity contribution in [1.82, 2.24) is 15.5 Å². The number of hydrogen-bond donors (Lipinski definition) is 3. The predicted molar refractivity (Wildman–Crippen MR) is 125 cm³/mol. The standard InChI is InChI=1S/C24H45N3O3/c1-5-7-9-11-13-15-23(29)25-19-21(3)27(17-18-28)22(4)20-26-24(30)16-14-12-10-8-6-2/h7-10,21-22,28H,5-6,11-20H2,1-4H3,(H,25,29)(H,26,30)/b9-7+,10-8+. The molecule has 2 unspecified atom stereocenters. The number of allylic oxidation sites excluding steroid dienone is 4. The lowest BCUT2D eigenvalue weighted by atomic mass is 10.1. The van der Waals surface area contributed by atoms with Gasteiger partial charge in [0.2, 0.25) is 11.8 Å². The van der Waals surface area contributed by atoms with E-state index in [9.17, 15) is 14.7 Å². The summed E-state index contributed by atoms with van der Waals surface area (Å²) in [7, 11) is 0. The van der Waals surface area contributed by atoms with Gasteiger partial charge in [-0.25, -0.2) is 0 Å². The molecular formula is C24H45N3O3. The molecule has 0 saturated carbocycles. The molecule has 30 heavy (non-hydrogen) atoms.